The number of anilines is 1. The predicted octanol–water partition coefficient (Wildman–Crippen LogP) is 5.09. The summed E-state index contributed by atoms with van der Waals surface area (Å²) in [4.78, 5) is 24.9. The van der Waals surface area contributed by atoms with Gasteiger partial charge >= 0.3 is 0 Å². The van der Waals surface area contributed by atoms with Crippen molar-refractivity contribution < 1.29 is 4.79 Å². The van der Waals surface area contributed by atoms with Crippen molar-refractivity contribution in [3.8, 4) is 11.4 Å². The van der Waals surface area contributed by atoms with Crippen LogP contribution >= 0.6 is 11.3 Å². The molecule has 5 rings (SSSR count). The first kappa shape index (κ1) is 15.7. The van der Waals surface area contributed by atoms with E-state index in [-0.39, 0.29) is 5.91 Å². The van der Waals surface area contributed by atoms with E-state index in [1.165, 1.54) is 11.3 Å². The Hall–Kier alpha value is -3.51. The van der Waals surface area contributed by atoms with Gasteiger partial charge in [-0.05, 0) is 36.4 Å². The molecular formula is C21H14N4OS. The molecule has 0 bridgehead atoms. The third-order valence-corrected chi connectivity index (χ3v) is 5.31. The smallest absolute Gasteiger partial charge is 0.284 e. The van der Waals surface area contributed by atoms with Crippen LogP contribution in [0.3, 0.4) is 0 Å². The van der Waals surface area contributed by atoms with E-state index in [1.54, 1.807) is 0 Å². The monoisotopic (exact) mass is 370 g/mol. The molecule has 0 unspecified atom stereocenters. The number of carbonyl (C=O) groups excluding carboxylic acids is 1. The van der Waals surface area contributed by atoms with E-state index in [0.717, 1.165) is 32.6 Å². The molecule has 2 N–H and O–H groups in total. The quantitative estimate of drug-likeness (QED) is 0.465. The Labute approximate surface area is 158 Å². The van der Waals surface area contributed by atoms with E-state index >= 15 is 0 Å². The van der Waals surface area contributed by atoms with Crippen molar-refractivity contribution in [2.75, 3.05) is 5.32 Å². The zero-order chi connectivity index (χ0) is 18.2. The van der Waals surface area contributed by atoms with Crippen molar-refractivity contribution in [2.24, 2.45) is 0 Å². The fourth-order valence-electron chi connectivity index (χ4n) is 2.99. The van der Waals surface area contributed by atoms with Crippen LogP contribution in [-0.2, 0) is 0 Å². The maximum atomic E-state index is 12.6. The molecule has 0 saturated carbocycles. The van der Waals surface area contributed by atoms with Gasteiger partial charge in [0.15, 0.2) is 5.01 Å². The average Bonchev–Trinajstić information content (AvgIpc) is 3.32. The minimum Gasteiger partial charge on any atom is -0.338 e. The molecule has 0 fully saturated rings. The van der Waals surface area contributed by atoms with E-state index < -0.39 is 0 Å². The van der Waals surface area contributed by atoms with Gasteiger partial charge < -0.3 is 10.3 Å². The highest BCUT2D eigenvalue weighted by Crippen LogP contribution is 2.25. The molecule has 130 valence electrons. The molecule has 0 aliphatic carbocycles. The van der Waals surface area contributed by atoms with Gasteiger partial charge in [-0.25, -0.2) is 9.97 Å². The van der Waals surface area contributed by atoms with Gasteiger partial charge in [0.05, 0.1) is 21.3 Å². The van der Waals surface area contributed by atoms with Crippen molar-refractivity contribution >= 4 is 44.2 Å². The van der Waals surface area contributed by atoms with Crippen molar-refractivity contribution in [3.05, 3.63) is 77.8 Å². The fourth-order valence-corrected chi connectivity index (χ4v) is 3.85. The summed E-state index contributed by atoms with van der Waals surface area (Å²) in [7, 11) is 0. The Morgan fingerprint density at radius 1 is 0.889 bits per heavy atom. The maximum absolute atomic E-state index is 12.6. The first-order valence-electron chi connectivity index (χ1n) is 8.48. The molecule has 0 spiro atoms. The minimum absolute atomic E-state index is 0.210. The molecule has 3 aromatic carbocycles. The first-order valence-corrected chi connectivity index (χ1v) is 9.30. The van der Waals surface area contributed by atoms with Crippen molar-refractivity contribution in [3.63, 3.8) is 0 Å². The highest BCUT2D eigenvalue weighted by molar-refractivity contribution is 7.20. The Kier molecular flexibility index (Phi) is 3.69. The van der Waals surface area contributed by atoms with Crippen LogP contribution < -0.4 is 5.32 Å². The number of rotatable bonds is 3. The fraction of sp³-hybridized carbons (Fsp3) is 0. The molecule has 0 atom stereocenters. The largest absolute Gasteiger partial charge is 0.338 e. The Balaban J connectivity index is 1.43. The number of aromatic amines is 1. The molecule has 1 amide bonds. The molecule has 2 aromatic heterocycles. The maximum Gasteiger partial charge on any atom is 0.284 e. The number of thiazole rings is 1. The number of nitrogens with zero attached hydrogens (tertiary/aromatic N) is 2. The van der Waals surface area contributed by atoms with Gasteiger partial charge in [0.25, 0.3) is 5.91 Å². The van der Waals surface area contributed by atoms with Crippen LogP contribution in [0, 0.1) is 0 Å². The van der Waals surface area contributed by atoms with Crippen LogP contribution in [0.15, 0.2) is 72.8 Å². The number of fused-ring (bicyclic) bond motifs is 2. The molecule has 5 nitrogen and oxygen atoms in total. The van der Waals surface area contributed by atoms with Crippen molar-refractivity contribution in [1.29, 1.82) is 0 Å². The van der Waals surface area contributed by atoms with Crippen LogP contribution in [0.1, 0.15) is 9.80 Å². The van der Waals surface area contributed by atoms with Crippen LogP contribution in [0.4, 0.5) is 5.69 Å². The lowest BCUT2D eigenvalue weighted by Gasteiger charge is -2.04. The number of hydrogen-bond donors (Lipinski definition) is 2. The highest BCUT2D eigenvalue weighted by atomic mass is 32.1. The number of para-hydroxylation sites is 3. The van der Waals surface area contributed by atoms with Gasteiger partial charge in [-0.2, -0.15) is 0 Å². The lowest BCUT2D eigenvalue weighted by atomic mass is 10.2. The lowest BCUT2D eigenvalue weighted by molar-refractivity contribution is 0.102. The normalized spacial score (nSPS) is 11.1. The van der Waals surface area contributed by atoms with Crippen LogP contribution in [0.25, 0.3) is 32.6 Å². The third-order valence-electron chi connectivity index (χ3n) is 4.27. The molecule has 0 radical (unpaired) electrons. The predicted molar refractivity (Wildman–Crippen MR) is 109 cm³/mol. The van der Waals surface area contributed by atoms with Gasteiger partial charge in [0, 0.05) is 11.3 Å². The number of H-pyrrole nitrogens is 1. The third kappa shape index (κ3) is 2.96. The van der Waals surface area contributed by atoms with Gasteiger partial charge in [0.1, 0.15) is 5.82 Å². The zero-order valence-corrected chi connectivity index (χ0v) is 15.0. The summed E-state index contributed by atoms with van der Waals surface area (Å²) in [5, 5.41) is 3.38. The summed E-state index contributed by atoms with van der Waals surface area (Å²) < 4.78 is 0.999. The summed E-state index contributed by atoms with van der Waals surface area (Å²) in [6.07, 6.45) is 0. The van der Waals surface area contributed by atoms with E-state index in [2.05, 4.69) is 20.3 Å². The molecule has 6 heteroatoms. The number of benzene rings is 3. The second-order valence-electron chi connectivity index (χ2n) is 6.12. The Bertz CT molecular complexity index is 1220. The van der Waals surface area contributed by atoms with E-state index in [0.29, 0.717) is 10.7 Å². The van der Waals surface area contributed by atoms with Gasteiger partial charge in [-0.15, -0.1) is 11.3 Å². The van der Waals surface area contributed by atoms with Gasteiger partial charge in [0.2, 0.25) is 0 Å². The zero-order valence-electron chi connectivity index (χ0n) is 14.1. The second-order valence-corrected chi connectivity index (χ2v) is 7.15. The molecule has 27 heavy (non-hydrogen) atoms. The number of hydrogen-bond acceptors (Lipinski definition) is 4. The van der Waals surface area contributed by atoms with Gasteiger partial charge in [-0.3, -0.25) is 4.79 Å². The van der Waals surface area contributed by atoms with Gasteiger partial charge in [-0.1, -0.05) is 36.4 Å². The summed E-state index contributed by atoms with van der Waals surface area (Å²) in [5.74, 6) is 0.560. The topological polar surface area (TPSA) is 70.7 Å². The van der Waals surface area contributed by atoms with Crippen molar-refractivity contribution in [1.82, 2.24) is 15.0 Å². The van der Waals surface area contributed by atoms with E-state index in [4.69, 9.17) is 0 Å². The van der Waals surface area contributed by atoms with E-state index in [1.807, 2.05) is 72.8 Å². The van der Waals surface area contributed by atoms with E-state index in [9.17, 15) is 4.79 Å². The highest BCUT2D eigenvalue weighted by Gasteiger charge is 2.13. The lowest BCUT2D eigenvalue weighted by Crippen LogP contribution is -2.11. The number of carbonyl (C=O) groups is 1. The number of amides is 1. The second kappa shape index (κ2) is 6.34. The Morgan fingerprint density at radius 3 is 2.56 bits per heavy atom. The Morgan fingerprint density at radius 2 is 1.70 bits per heavy atom. The standard InChI is InChI=1S/C21H14N4OS/c26-20(21-25-17-10-3-4-11-18(17)27-21)22-14-7-5-6-13(12-14)19-23-15-8-1-2-9-16(15)24-19/h1-12H,(H,22,26)(H,23,24). The van der Waals surface area contributed by atoms with Crippen LogP contribution in [0.2, 0.25) is 0 Å². The minimum atomic E-state index is -0.210. The number of nitrogens with one attached hydrogen (secondary N) is 2. The molecule has 0 aliphatic heterocycles. The summed E-state index contributed by atoms with van der Waals surface area (Å²) in [6.45, 7) is 0. The molecule has 2 heterocycles. The molecular weight excluding hydrogens is 356 g/mol. The summed E-state index contributed by atoms with van der Waals surface area (Å²) in [6, 6.07) is 23.2. The number of aromatic nitrogens is 3. The van der Waals surface area contributed by atoms with Crippen LogP contribution in [-0.4, -0.2) is 20.9 Å². The average molecular weight is 370 g/mol. The summed E-state index contributed by atoms with van der Waals surface area (Å²) in [5.41, 5.74) is 4.35. The molecule has 5 aromatic rings. The molecule has 0 saturated heterocycles. The van der Waals surface area contributed by atoms with Crippen molar-refractivity contribution in [2.45, 2.75) is 0 Å². The summed E-state index contributed by atoms with van der Waals surface area (Å²) >= 11 is 1.39. The SMILES string of the molecule is O=C(Nc1cccc(-c2nc3ccccc3[nH]2)c1)c1nc2ccccc2s1. The first-order chi connectivity index (χ1) is 13.3. The molecule has 0 aliphatic rings. The van der Waals surface area contributed by atoms with Crippen LogP contribution in [0.5, 0.6) is 0 Å². The number of imidazole rings is 1.